The number of anilines is 2. The molecular formula is C18H22N2O2S2. The normalized spacial score (nSPS) is 15.1. The van der Waals surface area contributed by atoms with Gasteiger partial charge in [-0.05, 0) is 51.4 Å². The van der Waals surface area contributed by atoms with Crippen LogP contribution in [0.15, 0.2) is 57.2 Å². The Balaban J connectivity index is 2.09. The first-order valence-corrected chi connectivity index (χ1v) is 10.5. The molecule has 2 aromatic carbocycles. The maximum atomic E-state index is 11.9. The topological polar surface area (TPSA) is 40.6 Å². The number of sulfone groups is 1. The van der Waals surface area contributed by atoms with E-state index in [0.29, 0.717) is 10.9 Å². The Morgan fingerprint density at radius 3 is 2.42 bits per heavy atom. The zero-order valence-electron chi connectivity index (χ0n) is 14.4. The van der Waals surface area contributed by atoms with Crippen LogP contribution in [0.25, 0.3) is 0 Å². The number of para-hydroxylation sites is 1. The van der Waals surface area contributed by atoms with Crippen molar-refractivity contribution in [2.75, 3.05) is 31.8 Å². The number of nitrogens with zero attached hydrogens (tertiary/aromatic N) is 2. The summed E-state index contributed by atoms with van der Waals surface area (Å²) in [7, 11) is 0.937. The van der Waals surface area contributed by atoms with E-state index < -0.39 is 9.84 Å². The van der Waals surface area contributed by atoms with Gasteiger partial charge in [-0.3, -0.25) is 0 Å². The van der Waals surface area contributed by atoms with Crippen molar-refractivity contribution in [3.05, 3.63) is 42.5 Å². The number of hydrogen-bond donors (Lipinski definition) is 0. The van der Waals surface area contributed by atoms with Crippen molar-refractivity contribution >= 4 is 33.0 Å². The molecule has 24 heavy (non-hydrogen) atoms. The lowest BCUT2D eigenvalue weighted by Gasteiger charge is -2.36. The summed E-state index contributed by atoms with van der Waals surface area (Å²) in [6.07, 6.45) is 1.25. The van der Waals surface area contributed by atoms with Crippen molar-refractivity contribution in [1.29, 1.82) is 0 Å². The molecule has 1 unspecified atom stereocenters. The first-order chi connectivity index (χ1) is 11.3. The maximum Gasteiger partial charge on any atom is 0.175 e. The van der Waals surface area contributed by atoms with Gasteiger partial charge >= 0.3 is 0 Å². The van der Waals surface area contributed by atoms with Crippen LogP contribution >= 0.6 is 11.8 Å². The number of rotatable bonds is 4. The molecule has 0 aliphatic carbocycles. The van der Waals surface area contributed by atoms with Gasteiger partial charge in [-0.2, -0.15) is 0 Å². The van der Waals surface area contributed by atoms with Crippen LogP contribution in [0.3, 0.4) is 0 Å². The van der Waals surface area contributed by atoms with Gasteiger partial charge in [0.2, 0.25) is 0 Å². The molecule has 0 aromatic heterocycles. The Morgan fingerprint density at radius 2 is 1.75 bits per heavy atom. The van der Waals surface area contributed by atoms with Crippen LogP contribution in [0, 0.1) is 0 Å². The van der Waals surface area contributed by atoms with E-state index in [1.165, 1.54) is 11.9 Å². The Labute approximate surface area is 148 Å². The molecule has 3 rings (SSSR count). The molecule has 0 spiro atoms. The summed E-state index contributed by atoms with van der Waals surface area (Å²) in [5, 5.41) is 0. The van der Waals surface area contributed by atoms with Gasteiger partial charge in [0.05, 0.1) is 16.3 Å². The first kappa shape index (κ1) is 17.3. The Hall–Kier alpha value is -1.50. The van der Waals surface area contributed by atoms with E-state index in [0.717, 1.165) is 22.0 Å². The first-order valence-electron chi connectivity index (χ1n) is 7.82. The monoisotopic (exact) mass is 362 g/mol. The quantitative estimate of drug-likeness (QED) is 0.830. The van der Waals surface area contributed by atoms with E-state index in [-0.39, 0.29) is 0 Å². The highest BCUT2D eigenvalue weighted by atomic mass is 32.2. The van der Waals surface area contributed by atoms with E-state index in [9.17, 15) is 8.42 Å². The summed E-state index contributed by atoms with van der Waals surface area (Å²) >= 11 is 1.63. The molecular weight excluding hydrogens is 340 g/mol. The molecule has 6 heteroatoms. The number of likely N-dealkylation sites (N-methyl/N-ethyl adjacent to an activating group) is 1. The Kier molecular flexibility index (Phi) is 4.64. The molecule has 1 aliphatic heterocycles. The standard InChI is InChI=1S/C18H22N2O2S2/c1-13(19(2)3)12-20-15-7-5-6-8-17(15)23-18-11-14(24(4,21)22)9-10-16(18)20/h5-11,13H,12H2,1-4H3. The van der Waals surface area contributed by atoms with Gasteiger partial charge in [-0.1, -0.05) is 23.9 Å². The van der Waals surface area contributed by atoms with Crippen LogP contribution in [0.1, 0.15) is 6.92 Å². The molecule has 1 heterocycles. The van der Waals surface area contributed by atoms with Crippen LogP contribution in [-0.2, 0) is 9.84 Å². The lowest BCUT2D eigenvalue weighted by atomic mass is 10.2. The lowest BCUT2D eigenvalue weighted by molar-refractivity contribution is 0.319. The molecule has 0 amide bonds. The summed E-state index contributed by atoms with van der Waals surface area (Å²) in [5.41, 5.74) is 2.25. The highest BCUT2D eigenvalue weighted by molar-refractivity contribution is 7.99. The summed E-state index contributed by atoms with van der Waals surface area (Å²) in [5.74, 6) is 0. The average Bonchev–Trinajstić information content (AvgIpc) is 2.53. The van der Waals surface area contributed by atoms with Crippen LogP contribution < -0.4 is 4.90 Å². The second kappa shape index (κ2) is 6.43. The summed E-state index contributed by atoms with van der Waals surface area (Å²) in [4.78, 5) is 6.99. The van der Waals surface area contributed by atoms with Gasteiger partial charge in [-0.15, -0.1) is 0 Å². The predicted molar refractivity (Wildman–Crippen MR) is 100 cm³/mol. The van der Waals surface area contributed by atoms with Crippen molar-refractivity contribution in [3.8, 4) is 0 Å². The van der Waals surface area contributed by atoms with E-state index in [1.54, 1.807) is 23.9 Å². The number of hydrogen-bond acceptors (Lipinski definition) is 5. The Morgan fingerprint density at radius 1 is 1.08 bits per heavy atom. The van der Waals surface area contributed by atoms with Crippen molar-refractivity contribution < 1.29 is 8.42 Å². The molecule has 0 saturated carbocycles. The highest BCUT2D eigenvalue weighted by Gasteiger charge is 2.26. The van der Waals surface area contributed by atoms with Crippen LogP contribution in [0.4, 0.5) is 11.4 Å². The van der Waals surface area contributed by atoms with Crippen molar-refractivity contribution in [2.24, 2.45) is 0 Å². The van der Waals surface area contributed by atoms with E-state index in [4.69, 9.17) is 0 Å². The van der Waals surface area contributed by atoms with E-state index in [1.807, 2.05) is 18.2 Å². The summed E-state index contributed by atoms with van der Waals surface area (Å²) in [6, 6.07) is 14.1. The van der Waals surface area contributed by atoms with Crippen molar-refractivity contribution in [1.82, 2.24) is 4.90 Å². The third-order valence-corrected chi connectivity index (χ3v) is 6.58. The largest absolute Gasteiger partial charge is 0.338 e. The molecule has 1 atom stereocenters. The SMILES string of the molecule is CC(CN1c2ccccc2Sc2cc(S(C)(=O)=O)ccc21)N(C)C. The fraction of sp³-hybridized carbons (Fsp3) is 0.333. The van der Waals surface area contributed by atoms with Crippen molar-refractivity contribution in [3.63, 3.8) is 0 Å². The Bertz CT molecular complexity index is 863. The van der Waals surface area contributed by atoms with E-state index >= 15 is 0 Å². The molecule has 0 fully saturated rings. The minimum Gasteiger partial charge on any atom is -0.338 e. The van der Waals surface area contributed by atoms with Gasteiger partial charge in [0.25, 0.3) is 0 Å². The second-order valence-corrected chi connectivity index (χ2v) is 9.49. The molecule has 128 valence electrons. The number of fused-ring (bicyclic) bond motifs is 2. The molecule has 2 aromatic rings. The fourth-order valence-corrected chi connectivity index (χ4v) is 4.53. The van der Waals surface area contributed by atoms with Crippen LogP contribution in [0.5, 0.6) is 0 Å². The van der Waals surface area contributed by atoms with E-state index in [2.05, 4.69) is 43.0 Å². The second-order valence-electron chi connectivity index (χ2n) is 6.39. The lowest BCUT2D eigenvalue weighted by Crippen LogP contribution is -2.37. The molecule has 4 nitrogen and oxygen atoms in total. The fourth-order valence-electron chi connectivity index (χ4n) is 2.67. The average molecular weight is 363 g/mol. The summed E-state index contributed by atoms with van der Waals surface area (Å²) in [6.45, 7) is 3.03. The summed E-state index contributed by atoms with van der Waals surface area (Å²) < 4.78 is 23.8. The zero-order valence-corrected chi connectivity index (χ0v) is 16.0. The van der Waals surface area contributed by atoms with Gasteiger partial charge < -0.3 is 9.80 Å². The minimum atomic E-state index is -3.21. The van der Waals surface area contributed by atoms with Crippen LogP contribution in [-0.4, -0.2) is 46.3 Å². The van der Waals surface area contributed by atoms with Gasteiger partial charge in [0.15, 0.2) is 9.84 Å². The number of benzene rings is 2. The maximum absolute atomic E-state index is 11.9. The molecule has 0 radical (unpaired) electrons. The smallest absolute Gasteiger partial charge is 0.175 e. The van der Waals surface area contributed by atoms with Crippen molar-refractivity contribution in [2.45, 2.75) is 27.7 Å². The predicted octanol–water partition coefficient (Wildman–Crippen LogP) is 3.64. The minimum absolute atomic E-state index is 0.364. The third kappa shape index (κ3) is 3.31. The van der Waals surface area contributed by atoms with Gasteiger partial charge in [0.1, 0.15) is 0 Å². The molecule has 0 N–H and O–H groups in total. The highest BCUT2D eigenvalue weighted by Crippen LogP contribution is 2.48. The third-order valence-electron chi connectivity index (χ3n) is 4.35. The molecule has 1 aliphatic rings. The molecule has 0 bridgehead atoms. The van der Waals surface area contributed by atoms with Gasteiger partial charge in [-0.25, -0.2) is 8.42 Å². The zero-order chi connectivity index (χ0) is 17.5. The van der Waals surface area contributed by atoms with Gasteiger partial charge in [0, 0.05) is 28.6 Å². The molecule has 0 saturated heterocycles. The van der Waals surface area contributed by atoms with Crippen LogP contribution in [0.2, 0.25) is 0 Å².